The van der Waals surface area contributed by atoms with Gasteiger partial charge >= 0.3 is 0 Å². The maximum Gasteiger partial charge on any atom is 0.0631 e. The van der Waals surface area contributed by atoms with Crippen molar-refractivity contribution in [2.45, 2.75) is 39.2 Å². The van der Waals surface area contributed by atoms with Gasteiger partial charge in [-0.05, 0) is 25.0 Å². The summed E-state index contributed by atoms with van der Waals surface area (Å²) >= 11 is 0. The van der Waals surface area contributed by atoms with Crippen molar-refractivity contribution < 1.29 is 0 Å². The van der Waals surface area contributed by atoms with Crippen molar-refractivity contribution in [2.24, 2.45) is 7.05 Å². The highest BCUT2D eigenvalue weighted by molar-refractivity contribution is 5.27. The van der Waals surface area contributed by atoms with Crippen LogP contribution in [-0.2, 0) is 13.5 Å². The smallest absolute Gasteiger partial charge is 0.0631 e. The van der Waals surface area contributed by atoms with Crippen LogP contribution in [-0.4, -0.2) is 22.4 Å². The Labute approximate surface area is 122 Å². The number of aromatic nitrogens is 2. The van der Waals surface area contributed by atoms with Crippen LogP contribution in [0.2, 0.25) is 0 Å². The SMILES string of the molecule is Cc1cccc(C(CNC(C)C)Cc2ccn(C)n2)c1. The number of rotatable bonds is 6. The molecule has 0 amide bonds. The van der Waals surface area contributed by atoms with Crippen LogP contribution in [0.1, 0.15) is 36.6 Å². The van der Waals surface area contributed by atoms with E-state index in [1.54, 1.807) is 0 Å². The van der Waals surface area contributed by atoms with E-state index in [0.717, 1.165) is 18.7 Å². The van der Waals surface area contributed by atoms with Crippen LogP contribution in [0.25, 0.3) is 0 Å². The van der Waals surface area contributed by atoms with E-state index < -0.39 is 0 Å². The number of aryl methyl sites for hydroxylation is 2. The number of nitrogens with zero attached hydrogens (tertiary/aromatic N) is 2. The standard InChI is InChI=1S/C17H25N3/c1-13(2)18-12-16(11-17-8-9-20(4)19-17)15-7-5-6-14(3)10-15/h5-10,13,16,18H,11-12H2,1-4H3. The molecule has 1 N–H and O–H groups in total. The van der Waals surface area contributed by atoms with Gasteiger partial charge in [0, 0.05) is 31.7 Å². The molecule has 0 spiro atoms. The third kappa shape index (κ3) is 4.20. The molecule has 1 unspecified atom stereocenters. The lowest BCUT2D eigenvalue weighted by Gasteiger charge is -2.19. The average Bonchev–Trinajstić information content (AvgIpc) is 2.80. The number of hydrogen-bond acceptors (Lipinski definition) is 2. The van der Waals surface area contributed by atoms with Crippen molar-refractivity contribution in [3.63, 3.8) is 0 Å². The number of benzene rings is 1. The fourth-order valence-corrected chi connectivity index (χ4v) is 2.43. The first-order valence-corrected chi connectivity index (χ1v) is 7.33. The van der Waals surface area contributed by atoms with Crippen molar-refractivity contribution in [1.29, 1.82) is 0 Å². The highest BCUT2D eigenvalue weighted by atomic mass is 15.2. The molecule has 0 fully saturated rings. The monoisotopic (exact) mass is 271 g/mol. The van der Waals surface area contributed by atoms with Gasteiger partial charge in [0.05, 0.1) is 5.69 Å². The molecular formula is C17H25N3. The molecule has 3 heteroatoms. The summed E-state index contributed by atoms with van der Waals surface area (Å²) in [5, 5.41) is 8.07. The fourth-order valence-electron chi connectivity index (χ4n) is 2.43. The Kier molecular flexibility index (Phi) is 4.96. The molecule has 0 saturated heterocycles. The summed E-state index contributed by atoms with van der Waals surface area (Å²) in [5.41, 5.74) is 3.87. The van der Waals surface area contributed by atoms with E-state index >= 15 is 0 Å². The Morgan fingerprint density at radius 2 is 2.05 bits per heavy atom. The van der Waals surface area contributed by atoms with Crippen LogP contribution in [0.4, 0.5) is 0 Å². The van der Waals surface area contributed by atoms with E-state index in [4.69, 9.17) is 0 Å². The van der Waals surface area contributed by atoms with Crippen LogP contribution >= 0.6 is 0 Å². The topological polar surface area (TPSA) is 29.9 Å². The zero-order valence-corrected chi connectivity index (χ0v) is 12.9. The van der Waals surface area contributed by atoms with Crippen molar-refractivity contribution >= 4 is 0 Å². The van der Waals surface area contributed by atoms with E-state index in [-0.39, 0.29) is 0 Å². The van der Waals surface area contributed by atoms with Gasteiger partial charge in [0.1, 0.15) is 0 Å². The normalized spacial score (nSPS) is 12.8. The van der Waals surface area contributed by atoms with Crippen LogP contribution in [0, 0.1) is 6.92 Å². The molecule has 2 aromatic rings. The van der Waals surface area contributed by atoms with Gasteiger partial charge in [0.2, 0.25) is 0 Å². The van der Waals surface area contributed by atoms with Crippen LogP contribution < -0.4 is 5.32 Å². The van der Waals surface area contributed by atoms with Gasteiger partial charge in [-0.1, -0.05) is 43.7 Å². The third-order valence-corrected chi connectivity index (χ3v) is 3.51. The van der Waals surface area contributed by atoms with Crippen LogP contribution in [0.15, 0.2) is 36.5 Å². The van der Waals surface area contributed by atoms with Gasteiger partial charge in [-0.3, -0.25) is 4.68 Å². The maximum atomic E-state index is 4.51. The summed E-state index contributed by atoms with van der Waals surface area (Å²) in [4.78, 5) is 0. The molecule has 0 bridgehead atoms. The minimum Gasteiger partial charge on any atom is -0.314 e. The Morgan fingerprint density at radius 3 is 2.65 bits per heavy atom. The summed E-state index contributed by atoms with van der Waals surface area (Å²) in [6, 6.07) is 11.4. The van der Waals surface area contributed by atoms with E-state index in [1.807, 2.05) is 17.9 Å². The molecule has 0 aliphatic heterocycles. The van der Waals surface area contributed by atoms with Gasteiger partial charge in [-0.2, -0.15) is 5.10 Å². The second kappa shape index (κ2) is 6.71. The minimum atomic E-state index is 0.465. The average molecular weight is 271 g/mol. The lowest BCUT2D eigenvalue weighted by atomic mass is 9.93. The highest BCUT2D eigenvalue weighted by Crippen LogP contribution is 2.21. The quantitative estimate of drug-likeness (QED) is 0.875. The van der Waals surface area contributed by atoms with Crippen molar-refractivity contribution in [3.05, 3.63) is 53.3 Å². The Hall–Kier alpha value is -1.61. The Balaban J connectivity index is 2.15. The van der Waals surface area contributed by atoms with E-state index in [1.165, 1.54) is 11.1 Å². The van der Waals surface area contributed by atoms with Crippen molar-refractivity contribution in [2.75, 3.05) is 6.54 Å². The molecule has 1 atom stereocenters. The van der Waals surface area contributed by atoms with E-state index in [9.17, 15) is 0 Å². The third-order valence-electron chi connectivity index (χ3n) is 3.51. The van der Waals surface area contributed by atoms with Gasteiger partial charge in [0.25, 0.3) is 0 Å². The summed E-state index contributed by atoms with van der Waals surface area (Å²) in [6.45, 7) is 7.51. The molecule has 108 valence electrons. The Morgan fingerprint density at radius 1 is 1.25 bits per heavy atom. The van der Waals surface area contributed by atoms with Gasteiger partial charge < -0.3 is 5.32 Å². The van der Waals surface area contributed by atoms with E-state index in [0.29, 0.717) is 12.0 Å². The first-order chi connectivity index (χ1) is 9.54. The van der Waals surface area contributed by atoms with Crippen molar-refractivity contribution in [1.82, 2.24) is 15.1 Å². The summed E-state index contributed by atoms with van der Waals surface area (Å²) in [7, 11) is 1.97. The first kappa shape index (κ1) is 14.8. The second-order valence-electron chi connectivity index (χ2n) is 5.86. The minimum absolute atomic E-state index is 0.465. The largest absolute Gasteiger partial charge is 0.314 e. The molecule has 0 saturated carbocycles. The van der Waals surface area contributed by atoms with Gasteiger partial charge in [-0.15, -0.1) is 0 Å². The zero-order chi connectivity index (χ0) is 14.5. The first-order valence-electron chi connectivity index (χ1n) is 7.33. The maximum absolute atomic E-state index is 4.51. The van der Waals surface area contributed by atoms with Crippen LogP contribution in [0.5, 0.6) is 0 Å². The second-order valence-corrected chi connectivity index (χ2v) is 5.86. The zero-order valence-electron chi connectivity index (χ0n) is 12.9. The van der Waals surface area contributed by atoms with E-state index in [2.05, 4.69) is 61.5 Å². The molecule has 3 nitrogen and oxygen atoms in total. The number of nitrogens with one attached hydrogen (secondary N) is 1. The summed E-state index contributed by atoms with van der Waals surface area (Å²) in [5.74, 6) is 0.465. The summed E-state index contributed by atoms with van der Waals surface area (Å²) < 4.78 is 1.87. The molecular weight excluding hydrogens is 246 g/mol. The molecule has 1 aromatic carbocycles. The lowest BCUT2D eigenvalue weighted by molar-refractivity contribution is 0.522. The molecule has 0 aliphatic rings. The van der Waals surface area contributed by atoms with Gasteiger partial charge in [-0.25, -0.2) is 0 Å². The van der Waals surface area contributed by atoms with Crippen LogP contribution in [0.3, 0.4) is 0 Å². The molecule has 2 rings (SSSR count). The summed E-state index contributed by atoms with van der Waals surface area (Å²) in [6.07, 6.45) is 2.99. The fraction of sp³-hybridized carbons (Fsp3) is 0.471. The molecule has 1 heterocycles. The highest BCUT2D eigenvalue weighted by Gasteiger charge is 2.14. The number of hydrogen-bond donors (Lipinski definition) is 1. The predicted molar refractivity (Wildman–Crippen MR) is 84.0 cm³/mol. The van der Waals surface area contributed by atoms with Gasteiger partial charge in [0.15, 0.2) is 0 Å². The molecule has 20 heavy (non-hydrogen) atoms. The van der Waals surface area contributed by atoms with Crippen molar-refractivity contribution in [3.8, 4) is 0 Å². The molecule has 1 aromatic heterocycles. The Bertz CT molecular complexity index is 543. The lowest BCUT2D eigenvalue weighted by Crippen LogP contribution is -2.29. The predicted octanol–water partition coefficient (Wildman–Crippen LogP) is 3.05. The molecule has 0 aliphatic carbocycles. The molecule has 0 radical (unpaired) electrons.